The van der Waals surface area contributed by atoms with Gasteiger partial charge in [0.1, 0.15) is 0 Å². The minimum Gasteiger partial charge on any atom is -0.352 e. The van der Waals surface area contributed by atoms with Gasteiger partial charge in [-0.3, -0.25) is 4.79 Å². The van der Waals surface area contributed by atoms with Crippen LogP contribution in [0, 0.1) is 5.92 Å². The van der Waals surface area contributed by atoms with Gasteiger partial charge in [-0.1, -0.05) is 19.1 Å². The number of halogens is 1. The number of nitrogens with two attached hydrogens (primary N) is 1. The van der Waals surface area contributed by atoms with Crippen molar-refractivity contribution in [3.05, 3.63) is 29.8 Å². The van der Waals surface area contributed by atoms with Crippen LogP contribution in [0.3, 0.4) is 0 Å². The van der Waals surface area contributed by atoms with E-state index in [1.807, 2.05) is 29.2 Å². The molecule has 4 N–H and O–H groups in total. The van der Waals surface area contributed by atoms with Crippen molar-refractivity contribution in [1.29, 1.82) is 0 Å². The lowest BCUT2D eigenvalue weighted by atomic mass is 10.1. The van der Waals surface area contributed by atoms with E-state index in [-0.39, 0.29) is 30.3 Å². The van der Waals surface area contributed by atoms with Crippen molar-refractivity contribution in [2.75, 3.05) is 25.0 Å². The molecule has 1 aliphatic rings. The number of amides is 3. The standard InChI is InChI=1S/C16H24N4O2.ClH/c1-12(10-17)15(21)18-11-13-5-4-6-14(9-13)19-16(22)20-7-2-3-8-20;/h4-6,9,12H,2-3,7-8,10-11,17H2,1H3,(H,18,21)(H,19,22);1H. The predicted molar refractivity (Wildman–Crippen MR) is 93.6 cm³/mol. The van der Waals surface area contributed by atoms with Crippen molar-refractivity contribution in [2.24, 2.45) is 11.7 Å². The highest BCUT2D eigenvalue weighted by Gasteiger charge is 2.17. The normalized spacial score (nSPS) is 14.8. The zero-order valence-electron chi connectivity index (χ0n) is 13.4. The fraction of sp³-hybridized carbons (Fsp3) is 0.500. The quantitative estimate of drug-likeness (QED) is 0.765. The Morgan fingerprint density at radius 1 is 1.30 bits per heavy atom. The van der Waals surface area contributed by atoms with Crippen LogP contribution in [-0.2, 0) is 11.3 Å². The van der Waals surface area contributed by atoms with Crippen molar-refractivity contribution >= 4 is 30.0 Å². The Morgan fingerprint density at radius 3 is 2.65 bits per heavy atom. The smallest absolute Gasteiger partial charge is 0.321 e. The van der Waals surface area contributed by atoms with Gasteiger partial charge in [-0.25, -0.2) is 4.79 Å². The highest BCUT2D eigenvalue weighted by Crippen LogP contribution is 2.14. The SMILES string of the molecule is CC(CN)C(=O)NCc1cccc(NC(=O)N2CCCC2)c1.Cl. The lowest BCUT2D eigenvalue weighted by Gasteiger charge is -2.16. The van der Waals surface area contributed by atoms with Crippen molar-refractivity contribution in [1.82, 2.24) is 10.2 Å². The number of benzene rings is 1. The average molecular weight is 341 g/mol. The van der Waals surface area contributed by atoms with Crippen molar-refractivity contribution in [3.8, 4) is 0 Å². The third kappa shape index (κ3) is 5.73. The maximum Gasteiger partial charge on any atom is 0.321 e. The van der Waals surface area contributed by atoms with Crippen LogP contribution in [0.1, 0.15) is 25.3 Å². The third-order valence-electron chi connectivity index (χ3n) is 3.84. The van der Waals surface area contributed by atoms with Gasteiger partial charge in [0.25, 0.3) is 0 Å². The molecule has 0 radical (unpaired) electrons. The number of nitrogens with one attached hydrogen (secondary N) is 2. The second kappa shape index (κ2) is 9.37. The number of urea groups is 1. The fourth-order valence-electron chi connectivity index (χ4n) is 2.35. The van der Waals surface area contributed by atoms with E-state index in [1.54, 1.807) is 6.92 Å². The molecule has 128 valence electrons. The Bertz CT molecular complexity index is 533. The van der Waals surface area contributed by atoms with E-state index in [2.05, 4.69) is 10.6 Å². The molecule has 1 aromatic rings. The van der Waals surface area contributed by atoms with E-state index < -0.39 is 0 Å². The molecule has 7 heteroatoms. The van der Waals surface area contributed by atoms with Gasteiger partial charge in [0, 0.05) is 37.8 Å². The van der Waals surface area contributed by atoms with E-state index >= 15 is 0 Å². The Hall–Kier alpha value is -1.79. The Kier molecular flexibility index (Phi) is 7.85. The molecule has 0 aromatic heterocycles. The van der Waals surface area contributed by atoms with E-state index in [1.165, 1.54) is 0 Å². The van der Waals surface area contributed by atoms with Crippen LogP contribution in [0.2, 0.25) is 0 Å². The van der Waals surface area contributed by atoms with Gasteiger partial charge in [-0.05, 0) is 30.5 Å². The zero-order valence-corrected chi connectivity index (χ0v) is 14.2. The van der Waals surface area contributed by atoms with E-state index in [0.29, 0.717) is 13.1 Å². The minimum atomic E-state index is -0.196. The Balaban J connectivity index is 0.00000264. The summed E-state index contributed by atoms with van der Waals surface area (Å²) in [5.74, 6) is -0.257. The van der Waals surface area contributed by atoms with E-state index in [9.17, 15) is 9.59 Å². The highest BCUT2D eigenvalue weighted by molar-refractivity contribution is 5.89. The molecule has 1 aromatic carbocycles. The second-order valence-corrected chi connectivity index (χ2v) is 5.68. The summed E-state index contributed by atoms with van der Waals surface area (Å²) in [7, 11) is 0. The summed E-state index contributed by atoms with van der Waals surface area (Å²) in [6, 6.07) is 7.45. The molecule has 0 aliphatic carbocycles. The predicted octanol–water partition coefficient (Wildman–Crippen LogP) is 1.95. The monoisotopic (exact) mass is 340 g/mol. The molecule has 1 fully saturated rings. The summed E-state index contributed by atoms with van der Waals surface area (Å²) in [6.45, 7) is 4.19. The van der Waals surface area contributed by atoms with Crippen LogP contribution in [-0.4, -0.2) is 36.5 Å². The van der Waals surface area contributed by atoms with Gasteiger partial charge in [0.2, 0.25) is 5.91 Å². The molecular weight excluding hydrogens is 316 g/mol. The molecule has 0 bridgehead atoms. The van der Waals surface area contributed by atoms with Crippen LogP contribution in [0.25, 0.3) is 0 Å². The van der Waals surface area contributed by atoms with Gasteiger partial charge in [0.15, 0.2) is 0 Å². The fourth-order valence-corrected chi connectivity index (χ4v) is 2.35. The minimum absolute atomic E-state index is 0. The molecule has 1 unspecified atom stereocenters. The first kappa shape index (κ1) is 19.3. The molecular formula is C16H25ClN4O2. The topological polar surface area (TPSA) is 87.5 Å². The van der Waals surface area contributed by atoms with Crippen LogP contribution < -0.4 is 16.4 Å². The molecule has 3 amide bonds. The van der Waals surface area contributed by atoms with E-state index in [4.69, 9.17) is 5.73 Å². The molecule has 23 heavy (non-hydrogen) atoms. The number of carbonyl (C=O) groups excluding carboxylic acids is 2. The molecule has 1 aliphatic heterocycles. The number of likely N-dealkylation sites (tertiary alicyclic amines) is 1. The van der Waals surface area contributed by atoms with Gasteiger partial charge in [-0.2, -0.15) is 0 Å². The molecule has 1 atom stereocenters. The van der Waals surface area contributed by atoms with Gasteiger partial charge >= 0.3 is 6.03 Å². The summed E-state index contributed by atoms with van der Waals surface area (Å²) in [5.41, 5.74) is 7.15. The molecule has 0 saturated carbocycles. The highest BCUT2D eigenvalue weighted by atomic mass is 35.5. The maximum absolute atomic E-state index is 12.1. The van der Waals surface area contributed by atoms with Crippen LogP contribution in [0.4, 0.5) is 10.5 Å². The van der Waals surface area contributed by atoms with Gasteiger partial charge in [-0.15, -0.1) is 12.4 Å². The first-order valence-corrected chi connectivity index (χ1v) is 7.73. The van der Waals surface area contributed by atoms with Crippen molar-refractivity contribution in [3.63, 3.8) is 0 Å². The first-order valence-electron chi connectivity index (χ1n) is 7.73. The summed E-state index contributed by atoms with van der Waals surface area (Å²) in [5, 5.41) is 5.74. The molecule has 0 spiro atoms. The van der Waals surface area contributed by atoms with Crippen LogP contribution in [0.15, 0.2) is 24.3 Å². The third-order valence-corrected chi connectivity index (χ3v) is 3.84. The zero-order chi connectivity index (χ0) is 15.9. The van der Waals surface area contributed by atoms with Gasteiger partial charge in [0.05, 0.1) is 0 Å². The van der Waals surface area contributed by atoms with Crippen molar-refractivity contribution < 1.29 is 9.59 Å². The number of rotatable bonds is 5. The van der Waals surface area contributed by atoms with Crippen LogP contribution >= 0.6 is 12.4 Å². The Morgan fingerprint density at radius 2 is 2.00 bits per heavy atom. The summed E-state index contributed by atoms with van der Waals surface area (Å²) in [6.07, 6.45) is 2.14. The summed E-state index contributed by atoms with van der Waals surface area (Å²) in [4.78, 5) is 25.6. The van der Waals surface area contributed by atoms with E-state index in [0.717, 1.165) is 37.2 Å². The Labute approximate surface area is 143 Å². The number of carbonyl (C=O) groups is 2. The molecule has 2 rings (SSSR count). The number of hydrogen-bond donors (Lipinski definition) is 3. The number of anilines is 1. The summed E-state index contributed by atoms with van der Waals surface area (Å²) < 4.78 is 0. The molecule has 1 saturated heterocycles. The van der Waals surface area contributed by atoms with Crippen molar-refractivity contribution in [2.45, 2.75) is 26.3 Å². The largest absolute Gasteiger partial charge is 0.352 e. The maximum atomic E-state index is 12.1. The first-order chi connectivity index (χ1) is 10.6. The lowest BCUT2D eigenvalue weighted by Crippen LogP contribution is -2.33. The average Bonchev–Trinajstić information content (AvgIpc) is 3.06. The molecule has 6 nitrogen and oxygen atoms in total. The van der Waals surface area contributed by atoms with Crippen LogP contribution in [0.5, 0.6) is 0 Å². The second-order valence-electron chi connectivity index (χ2n) is 5.68. The number of nitrogens with zero attached hydrogens (tertiary/aromatic N) is 1. The lowest BCUT2D eigenvalue weighted by molar-refractivity contribution is -0.124. The molecule has 1 heterocycles. The summed E-state index contributed by atoms with van der Waals surface area (Å²) >= 11 is 0. The number of hydrogen-bond acceptors (Lipinski definition) is 3. The van der Waals surface area contributed by atoms with Gasteiger partial charge < -0.3 is 21.3 Å².